The number of benzene rings is 4. The molecular weight excluding hydrogens is 480 g/mol. The minimum Gasteiger partial charge on any atom is -0.0616 e. The molecule has 0 saturated heterocycles. The fourth-order valence-corrected chi connectivity index (χ4v) is 6.81. The van der Waals surface area contributed by atoms with Crippen molar-refractivity contribution in [1.82, 2.24) is 0 Å². The topological polar surface area (TPSA) is 0 Å². The lowest BCUT2D eigenvalue weighted by molar-refractivity contribution is 0.145. The number of rotatable bonds is 9. The molecule has 0 aliphatic rings. The maximum absolute atomic E-state index is 2.53. The van der Waals surface area contributed by atoms with Crippen LogP contribution in [0.2, 0.25) is 0 Å². The summed E-state index contributed by atoms with van der Waals surface area (Å²) in [5, 5.41) is 5.47. The van der Waals surface area contributed by atoms with Crippen LogP contribution in [0, 0.1) is 21.7 Å². The molecule has 214 valence electrons. The summed E-state index contributed by atoms with van der Waals surface area (Å²) in [6.07, 6.45) is 4.84. The molecule has 0 aliphatic heterocycles. The third-order valence-corrected chi connectivity index (χ3v) is 9.38. The predicted molar refractivity (Wildman–Crippen MR) is 178 cm³/mol. The summed E-state index contributed by atoms with van der Waals surface area (Å²) < 4.78 is 0. The molecule has 2 atom stereocenters. The van der Waals surface area contributed by atoms with Crippen molar-refractivity contribution in [3.63, 3.8) is 0 Å². The van der Waals surface area contributed by atoms with Crippen molar-refractivity contribution in [2.75, 3.05) is 0 Å². The van der Waals surface area contributed by atoms with Gasteiger partial charge in [-0.3, -0.25) is 0 Å². The maximum atomic E-state index is 2.53. The van der Waals surface area contributed by atoms with Crippen LogP contribution in [0.3, 0.4) is 0 Å². The Bertz CT molecular complexity index is 1410. The minimum atomic E-state index is 0.191. The molecule has 2 unspecified atom stereocenters. The molecule has 0 aliphatic carbocycles. The first-order chi connectivity index (χ1) is 18.6. The quantitative estimate of drug-likeness (QED) is 0.200. The zero-order valence-electron chi connectivity index (χ0n) is 27.1. The van der Waals surface area contributed by atoms with Crippen molar-refractivity contribution >= 4 is 21.5 Å². The Morgan fingerprint density at radius 1 is 0.525 bits per heavy atom. The van der Waals surface area contributed by atoms with Crippen LogP contribution in [0.15, 0.2) is 84.9 Å². The Labute approximate surface area is 245 Å². The van der Waals surface area contributed by atoms with E-state index in [0.717, 1.165) is 0 Å². The first-order valence-corrected chi connectivity index (χ1v) is 15.5. The first-order valence-electron chi connectivity index (χ1n) is 15.5. The van der Waals surface area contributed by atoms with E-state index < -0.39 is 0 Å². The van der Waals surface area contributed by atoms with Crippen molar-refractivity contribution in [1.29, 1.82) is 0 Å². The SMILES string of the molecule is CC(C)(C)CC(c1ccc2ccccc2c1)C(C)(C)CCC(C)(C)CC(c1cccc2ccccc12)C(C)(C)C. The molecule has 0 radical (unpaired) electrons. The molecule has 4 rings (SSSR count). The highest BCUT2D eigenvalue weighted by Crippen LogP contribution is 2.51. The predicted octanol–water partition coefficient (Wildman–Crippen LogP) is 12.6. The fraction of sp³-hybridized carbons (Fsp3) is 0.500. The van der Waals surface area contributed by atoms with Crippen LogP contribution in [0.1, 0.15) is 118 Å². The van der Waals surface area contributed by atoms with Gasteiger partial charge in [-0.2, -0.15) is 0 Å². The Morgan fingerprint density at radius 2 is 1.12 bits per heavy atom. The molecule has 4 aromatic carbocycles. The second kappa shape index (κ2) is 11.3. The van der Waals surface area contributed by atoms with E-state index in [1.54, 1.807) is 0 Å². The third kappa shape index (κ3) is 7.37. The summed E-state index contributed by atoms with van der Waals surface area (Å²) in [5.41, 5.74) is 3.91. The Kier molecular flexibility index (Phi) is 8.61. The summed E-state index contributed by atoms with van der Waals surface area (Å²) in [6, 6.07) is 31.8. The van der Waals surface area contributed by atoms with Crippen molar-refractivity contribution in [3.8, 4) is 0 Å². The van der Waals surface area contributed by atoms with Gasteiger partial charge in [-0.1, -0.05) is 154 Å². The molecule has 0 nitrogen and oxygen atoms in total. The van der Waals surface area contributed by atoms with Gasteiger partial charge >= 0.3 is 0 Å². The lowest BCUT2D eigenvalue weighted by atomic mass is 9.62. The van der Waals surface area contributed by atoms with Gasteiger partial charge in [-0.25, -0.2) is 0 Å². The van der Waals surface area contributed by atoms with Crippen LogP contribution < -0.4 is 0 Å². The molecule has 0 heteroatoms. The molecule has 0 amide bonds. The molecule has 0 heterocycles. The number of hydrogen-bond donors (Lipinski definition) is 0. The zero-order valence-corrected chi connectivity index (χ0v) is 27.1. The van der Waals surface area contributed by atoms with E-state index in [9.17, 15) is 0 Å². The average molecular weight is 535 g/mol. The van der Waals surface area contributed by atoms with E-state index in [4.69, 9.17) is 0 Å². The molecule has 4 aromatic rings. The summed E-state index contributed by atoms with van der Waals surface area (Å²) in [4.78, 5) is 0. The molecule has 0 saturated carbocycles. The van der Waals surface area contributed by atoms with E-state index >= 15 is 0 Å². The van der Waals surface area contributed by atoms with Crippen molar-refractivity contribution in [2.24, 2.45) is 21.7 Å². The second-order valence-electron chi connectivity index (χ2n) is 16.3. The highest BCUT2D eigenvalue weighted by Gasteiger charge is 2.38. The van der Waals surface area contributed by atoms with Crippen LogP contribution in [-0.4, -0.2) is 0 Å². The van der Waals surface area contributed by atoms with Crippen molar-refractivity contribution < 1.29 is 0 Å². The molecular formula is C40H54. The normalized spacial score (nSPS) is 14.9. The monoisotopic (exact) mass is 534 g/mol. The highest BCUT2D eigenvalue weighted by atomic mass is 14.4. The number of hydrogen-bond acceptors (Lipinski definition) is 0. The average Bonchev–Trinajstić information content (AvgIpc) is 2.88. The van der Waals surface area contributed by atoms with E-state index in [0.29, 0.717) is 11.8 Å². The lowest BCUT2D eigenvalue weighted by Crippen LogP contribution is -2.30. The van der Waals surface area contributed by atoms with Crippen LogP contribution in [-0.2, 0) is 0 Å². The van der Waals surface area contributed by atoms with Crippen molar-refractivity contribution in [3.05, 3.63) is 96.1 Å². The van der Waals surface area contributed by atoms with Gasteiger partial charge in [0, 0.05) is 0 Å². The summed E-state index contributed by atoms with van der Waals surface area (Å²) >= 11 is 0. The first kappa shape index (κ1) is 30.4. The molecule has 0 bridgehead atoms. The smallest absolute Gasteiger partial charge is 0.0102 e. The molecule has 40 heavy (non-hydrogen) atoms. The number of fused-ring (bicyclic) bond motifs is 2. The van der Waals surface area contributed by atoms with Gasteiger partial charge in [0.1, 0.15) is 0 Å². The summed E-state index contributed by atoms with van der Waals surface area (Å²) in [6.45, 7) is 24.6. The highest BCUT2D eigenvalue weighted by molar-refractivity contribution is 5.86. The largest absolute Gasteiger partial charge is 0.0616 e. The van der Waals surface area contributed by atoms with Crippen molar-refractivity contribution in [2.45, 2.75) is 107 Å². The standard InChI is InChI=1S/C40H54/c1-37(2,3)27-35(32-23-22-29-16-11-12-18-31(29)26-32)40(9,10)25-24-39(7,8)28-36(38(4,5)6)34-21-15-19-30-17-13-14-20-33(30)34/h11-23,26,35-36H,24-25,27-28H2,1-10H3. The van der Waals surface area contributed by atoms with Gasteiger partial charge in [0.15, 0.2) is 0 Å². The third-order valence-electron chi connectivity index (χ3n) is 9.38. The van der Waals surface area contributed by atoms with E-state index in [1.807, 2.05) is 0 Å². The van der Waals surface area contributed by atoms with Crippen LogP contribution in [0.4, 0.5) is 0 Å². The van der Waals surface area contributed by atoms with Gasteiger partial charge in [0.25, 0.3) is 0 Å². The van der Waals surface area contributed by atoms with Crippen LogP contribution in [0.25, 0.3) is 21.5 Å². The Morgan fingerprint density at radius 3 is 1.77 bits per heavy atom. The minimum absolute atomic E-state index is 0.191. The van der Waals surface area contributed by atoms with Gasteiger partial charge in [-0.05, 0) is 91.9 Å². The van der Waals surface area contributed by atoms with Crippen LogP contribution in [0.5, 0.6) is 0 Å². The van der Waals surface area contributed by atoms with Gasteiger partial charge < -0.3 is 0 Å². The lowest BCUT2D eigenvalue weighted by Gasteiger charge is -2.42. The second-order valence-corrected chi connectivity index (χ2v) is 16.3. The molecule has 0 spiro atoms. The summed E-state index contributed by atoms with van der Waals surface area (Å²) in [7, 11) is 0. The van der Waals surface area contributed by atoms with E-state index in [-0.39, 0.29) is 21.7 Å². The Hall–Kier alpha value is -2.60. The summed E-state index contributed by atoms with van der Waals surface area (Å²) in [5.74, 6) is 1.02. The zero-order chi connectivity index (χ0) is 29.3. The van der Waals surface area contributed by atoms with E-state index in [2.05, 4.69) is 154 Å². The molecule has 0 N–H and O–H groups in total. The maximum Gasteiger partial charge on any atom is -0.0102 e. The van der Waals surface area contributed by atoms with Gasteiger partial charge in [-0.15, -0.1) is 0 Å². The molecule has 0 fully saturated rings. The fourth-order valence-electron chi connectivity index (χ4n) is 6.81. The van der Waals surface area contributed by atoms with Crippen LogP contribution >= 0.6 is 0 Å². The van der Waals surface area contributed by atoms with Gasteiger partial charge in [0.2, 0.25) is 0 Å². The van der Waals surface area contributed by atoms with E-state index in [1.165, 1.54) is 58.4 Å². The van der Waals surface area contributed by atoms with Gasteiger partial charge in [0.05, 0.1) is 0 Å². The Balaban J connectivity index is 1.60. The molecule has 0 aromatic heterocycles.